The zero-order chi connectivity index (χ0) is 17.3. The van der Waals surface area contributed by atoms with Crippen LogP contribution in [-0.4, -0.2) is 52.8 Å². The number of carboxylic acid groups (broad SMARTS) is 1. The van der Waals surface area contributed by atoms with Gasteiger partial charge in [-0.05, 0) is 44.6 Å². The van der Waals surface area contributed by atoms with Crippen LogP contribution in [0.15, 0.2) is 11.4 Å². The zero-order valence-electron chi connectivity index (χ0n) is 13.7. The van der Waals surface area contributed by atoms with Crippen LogP contribution >= 0.6 is 11.3 Å². The molecule has 7 heteroatoms. The van der Waals surface area contributed by atoms with Crippen molar-refractivity contribution in [3.63, 3.8) is 0 Å². The largest absolute Gasteiger partial charge is 0.480 e. The molecule has 0 bridgehead atoms. The molecule has 0 unspecified atom stereocenters. The number of rotatable bonds is 8. The maximum atomic E-state index is 12.2. The molecule has 0 spiro atoms. The lowest BCUT2D eigenvalue weighted by atomic mass is 9.85. The number of thiophene rings is 1. The molecule has 2 saturated carbocycles. The first kappa shape index (κ1) is 17.1. The van der Waals surface area contributed by atoms with Gasteiger partial charge in [0, 0.05) is 29.6 Å². The molecule has 1 aromatic rings. The molecule has 3 rings (SSSR count). The minimum atomic E-state index is -0.793. The smallest absolute Gasteiger partial charge is 0.317 e. The van der Waals surface area contributed by atoms with Crippen LogP contribution in [0.5, 0.6) is 0 Å². The Balaban J connectivity index is 1.48. The number of aliphatic carboxylic acids is 1. The van der Waals surface area contributed by atoms with Gasteiger partial charge in [0.25, 0.3) is 5.91 Å². The Hall–Kier alpha value is -1.73. The minimum Gasteiger partial charge on any atom is -0.480 e. The quantitative estimate of drug-likeness (QED) is 0.701. The lowest BCUT2D eigenvalue weighted by Gasteiger charge is -2.42. The van der Waals surface area contributed by atoms with Gasteiger partial charge in [-0.2, -0.15) is 0 Å². The molecule has 0 atom stereocenters. The van der Waals surface area contributed by atoms with Crippen molar-refractivity contribution in [2.75, 3.05) is 13.1 Å². The lowest BCUT2D eigenvalue weighted by molar-refractivity contribution is -0.139. The molecule has 1 heterocycles. The van der Waals surface area contributed by atoms with Crippen LogP contribution in [0.3, 0.4) is 0 Å². The predicted octanol–water partition coefficient (Wildman–Crippen LogP) is 2.01. The van der Waals surface area contributed by atoms with Crippen molar-refractivity contribution in [2.45, 2.75) is 44.7 Å². The molecular formula is C17H22N2O4S. The molecule has 2 fully saturated rings. The van der Waals surface area contributed by atoms with Crippen LogP contribution in [0.4, 0.5) is 0 Å². The Morgan fingerprint density at radius 3 is 2.58 bits per heavy atom. The first-order valence-electron chi connectivity index (χ1n) is 8.28. The Labute approximate surface area is 144 Å². The van der Waals surface area contributed by atoms with E-state index >= 15 is 0 Å². The zero-order valence-corrected chi connectivity index (χ0v) is 14.5. The van der Waals surface area contributed by atoms with E-state index in [1.54, 1.807) is 11.4 Å². The summed E-state index contributed by atoms with van der Waals surface area (Å²) in [6.45, 7) is 2.41. The third-order valence-corrected chi connectivity index (χ3v) is 5.65. The van der Waals surface area contributed by atoms with E-state index in [2.05, 4.69) is 5.32 Å². The highest BCUT2D eigenvalue weighted by Crippen LogP contribution is 2.34. The fourth-order valence-electron chi connectivity index (χ4n) is 3.05. The Morgan fingerprint density at radius 2 is 2.04 bits per heavy atom. The standard InChI is InChI=1S/C17H22N2O4S/c1-10(20)12-4-15(24-9-12)17(23)18-13-5-14(6-13)19(8-16(21)22)7-11-2-3-11/h4,9,11,13-14H,2-3,5-8H2,1H3,(H,18,23)(H,21,22). The van der Waals surface area contributed by atoms with Crippen molar-refractivity contribution in [3.05, 3.63) is 21.9 Å². The third-order valence-electron chi connectivity index (χ3n) is 4.72. The maximum Gasteiger partial charge on any atom is 0.317 e. The second kappa shape index (κ2) is 7.03. The van der Waals surface area contributed by atoms with Gasteiger partial charge in [0.2, 0.25) is 0 Å². The van der Waals surface area contributed by atoms with E-state index in [1.165, 1.54) is 31.1 Å². The monoisotopic (exact) mass is 350 g/mol. The second-order valence-corrected chi connectivity index (χ2v) is 7.73. The number of hydrogen-bond donors (Lipinski definition) is 2. The first-order chi connectivity index (χ1) is 11.4. The number of nitrogens with zero attached hydrogens (tertiary/aromatic N) is 1. The van der Waals surface area contributed by atoms with E-state index in [9.17, 15) is 14.4 Å². The van der Waals surface area contributed by atoms with E-state index in [-0.39, 0.29) is 30.3 Å². The first-order valence-corrected chi connectivity index (χ1v) is 9.16. The van der Waals surface area contributed by atoms with Crippen LogP contribution in [0.1, 0.15) is 52.6 Å². The fraction of sp³-hybridized carbons (Fsp3) is 0.588. The number of Topliss-reactive ketones (excluding diaryl/α,β-unsaturated/α-hetero) is 1. The van der Waals surface area contributed by atoms with Crippen molar-refractivity contribution in [3.8, 4) is 0 Å². The summed E-state index contributed by atoms with van der Waals surface area (Å²) in [4.78, 5) is 37.1. The molecule has 6 nitrogen and oxygen atoms in total. The van der Waals surface area contributed by atoms with Gasteiger partial charge in [0.05, 0.1) is 11.4 Å². The highest BCUT2D eigenvalue weighted by molar-refractivity contribution is 7.12. The van der Waals surface area contributed by atoms with Gasteiger partial charge in [0.1, 0.15) is 0 Å². The Kier molecular flexibility index (Phi) is 5.01. The van der Waals surface area contributed by atoms with Crippen LogP contribution in [-0.2, 0) is 4.79 Å². The van der Waals surface area contributed by atoms with Crippen LogP contribution in [0, 0.1) is 5.92 Å². The van der Waals surface area contributed by atoms with Gasteiger partial charge in [-0.15, -0.1) is 11.3 Å². The molecule has 1 amide bonds. The van der Waals surface area contributed by atoms with Crippen LogP contribution in [0.25, 0.3) is 0 Å². The molecule has 2 N–H and O–H groups in total. The van der Waals surface area contributed by atoms with Crippen molar-refractivity contribution >= 4 is 29.0 Å². The molecule has 0 aromatic carbocycles. The molecule has 0 aliphatic heterocycles. The summed E-state index contributed by atoms with van der Waals surface area (Å²) in [5.41, 5.74) is 0.564. The highest BCUT2D eigenvalue weighted by Gasteiger charge is 2.37. The topological polar surface area (TPSA) is 86.7 Å². The van der Waals surface area contributed by atoms with Gasteiger partial charge in [-0.25, -0.2) is 0 Å². The summed E-state index contributed by atoms with van der Waals surface area (Å²) in [5.74, 6) is -0.339. The average molecular weight is 350 g/mol. The van der Waals surface area contributed by atoms with Gasteiger partial charge >= 0.3 is 5.97 Å². The van der Waals surface area contributed by atoms with Crippen molar-refractivity contribution in [1.29, 1.82) is 0 Å². The Bertz CT molecular complexity index is 647. The maximum absolute atomic E-state index is 12.2. The van der Waals surface area contributed by atoms with E-state index < -0.39 is 5.97 Å². The summed E-state index contributed by atoms with van der Waals surface area (Å²) < 4.78 is 0. The van der Waals surface area contributed by atoms with Crippen LogP contribution < -0.4 is 5.32 Å². The van der Waals surface area contributed by atoms with E-state index in [4.69, 9.17) is 5.11 Å². The van der Waals surface area contributed by atoms with Gasteiger partial charge < -0.3 is 10.4 Å². The SMILES string of the molecule is CC(=O)c1csc(C(=O)NC2CC(N(CC(=O)O)CC3CC3)C2)c1. The van der Waals surface area contributed by atoms with Gasteiger partial charge in [-0.3, -0.25) is 19.3 Å². The van der Waals surface area contributed by atoms with Crippen molar-refractivity contribution in [2.24, 2.45) is 5.92 Å². The van der Waals surface area contributed by atoms with E-state index in [0.29, 0.717) is 16.4 Å². The number of carbonyl (C=O) groups is 3. The number of hydrogen-bond acceptors (Lipinski definition) is 5. The molecule has 0 saturated heterocycles. The molecular weight excluding hydrogens is 328 g/mol. The summed E-state index contributed by atoms with van der Waals surface area (Å²) in [7, 11) is 0. The number of carbonyl (C=O) groups excluding carboxylic acids is 2. The summed E-state index contributed by atoms with van der Waals surface area (Å²) in [6, 6.07) is 1.95. The second-order valence-electron chi connectivity index (χ2n) is 6.82. The summed E-state index contributed by atoms with van der Waals surface area (Å²) in [5, 5.41) is 13.7. The molecule has 2 aliphatic carbocycles. The fourth-order valence-corrected chi connectivity index (χ4v) is 3.90. The van der Waals surface area contributed by atoms with E-state index in [1.807, 2.05) is 4.90 Å². The van der Waals surface area contributed by atoms with Gasteiger partial charge in [0.15, 0.2) is 5.78 Å². The van der Waals surface area contributed by atoms with Crippen LogP contribution in [0.2, 0.25) is 0 Å². The average Bonchev–Trinajstić information content (AvgIpc) is 3.13. The van der Waals surface area contributed by atoms with Crippen molar-refractivity contribution in [1.82, 2.24) is 10.2 Å². The highest BCUT2D eigenvalue weighted by atomic mass is 32.1. The summed E-state index contributed by atoms with van der Waals surface area (Å²) in [6.07, 6.45) is 3.97. The third kappa shape index (κ3) is 4.21. The van der Waals surface area contributed by atoms with Gasteiger partial charge in [-0.1, -0.05) is 0 Å². The minimum absolute atomic E-state index is 0.0432. The normalized spacial score (nSPS) is 22.9. The molecule has 24 heavy (non-hydrogen) atoms. The molecule has 130 valence electrons. The Morgan fingerprint density at radius 1 is 1.33 bits per heavy atom. The molecule has 0 radical (unpaired) electrons. The number of amides is 1. The lowest BCUT2D eigenvalue weighted by Crippen LogP contribution is -2.55. The van der Waals surface area contributed by atoms with Crippen molar-refractivity contribution < 1.29 is 19.5 Å². The van der Waals surface area contributed by atoms with E-state index in [0.717, 1.165) is 19.4 Å². The summed E-state index contributed by atoms with van der Waals surface area (Å²) >= 11 is 1.27. The number of carboxylic acids is 1. The molecule has 1 aromatic heterocycles. The number of nitrogens with one attached hydrogen (secondary N) is 1. The number of ketones is 1. The predicted molar refractivity (Wildman–Crippen MR) is 90.5 cm³/mol. The molecule has 2 aliphatic rings.